The van der Waals surface area contributed by atoms with Crippen LogP contribution in [0.25, 0.3) is 10.8 Å². The van der Waals surface area contributed by atoms with Crippen molar-refractivity contribution in [1.82, 2.24) is 0 Å². The molecule has 0 atom stereocenters. The Kier molecular flexibility index (Phi) is 3.81. The molecule has 23 heavy (non-hydrogen) atoms. The van der Waals surface area contributed by atoms with Crippen molar-refractivity contribution in [2.45, 2.75) is 33.1 Å². The minimum Gasteiger partial charge on any atom is -0.289 e. The number of carbonyl (C=O) groups excluding carboxylic acids is 1. The molecule has 0 aliphatic carbocycles. The first-order chi connectivity index (χ1) is 10.9. The van der Waals surface area contributed by atoms with Crippen LogP contribution in [0.1, 0.15) is 47.8 Å². The van der Waals surface area contributed by atoms with E-state index >= 15 is 0 Å². The Morgan fingerprint density at radius 2 is 1.57 bits per heavy atom. The van der Waals surface area contributed by atoms with Gasteiger partial charge in [0, 0.05) is 11.1 Å². The van der Waals surface area contributed by atoms with Crippen molar-refractivity contribution in [2.75, 3.05) is 0 Å². The van der Waals surface area contributed by atoms with Crippen LogP contribution in [-0.4, -0.2) is 5.78 Å². The number of rotatable bonds is 2. The second-order valence-corrected chi connectivity index (χ2v) is 7.19. The molecule has 0 fully saturated rings. The van der Waals surface area contributed by atoms with E-state index < -0.39 is 0 Å². The molecule has 0 aliphatic rings. The normalized spacial score (nSPS) is 11.7. The fraction of sp³-hybridized carbons (Fsp3) is 0.227. The molecule has 1 nitrogen and oxygen atoms in total. The molecule has 1 heteroatoms. The van der Waals surface area contributed by atoms with Gasteiger partial charge in [0.15, 0.2) is 5.78 Å². The number of hydrogen-bond donors (Lipinski definition) is 0. The Hall–Kier alpha value is -2.41. The predicted molar refractivity (Wildman–Crippen MR) is 97.3 cm³/mol. The van der Waals surface area contributed by atoms with Crippen molar-refractivity contribution in [1.29, 1.82) is 0 Å². The van der Waals surface area contributed by atoms with Crippen LogP contribution in [0.3, 0.4) is 0 Å². The molecule has 0 spiro atoms. The summed E-state index contributed by atoms with van der Waals surface area (Å²) in [7, 11) is 0. The maximum atomic E-state index is 12.9. The van der Waals surface area contributed by atoms with E-state index in [1.165, 1.54) is 11.1 Å². The summed E-state index contributed by atoms with van der Waals surface area (Å²) in [6.45, 7) is 8.60. The Balaban J connectivity index is 2.04. The maximum Gasteiger partial charge on any atom is 0.193 e. The van der Waals surface area contributed by atoms with Gasteiger partial charge >= 0.3 is 0 Å². The van der Waals surface area contributed by atoms with Gasteiger partial charge in [-0.15, -0.1) is 0 Å². The summed E-state index contributed by atoms with van der Waals surface area (Å²) in [5.41, 5.74) is 4.05. The predicted octanol–water partition coefficient (Wildman–Crippen LogP) is 5.68. The van der Waals surface area contributed by atoms with Gasteiger partial charge in [-0.3, -0.25) is 4.79 Å². The molecule has 3 aromatic rings. The van der Waals surface area contributed by atoms with Gasteiger partial charge in [-0.1, -0.05) is 87.0 Å². The van der Waals surface area contributed by atoms with E-state index in [1.54, 1.807) is 0 Å². The van der Waals surface area contributed by atoms with E-state index in [-0.39, 0.29) is 11.2 Å². The number of benzene rings is 3. The zero-order valence-corrected chi connectivity index (χ0v) is 14.2. The zero-order chi connectivity index (χ0) is 16.6. The molecule has 0 bridgehead atoms. The van der Waals surface area contributed by atoms with Gasteiger partial charge < -0.3 is 0 Å². The number of hydrogen-bond acceptors (Lipinski definition) is 1. The van der Waals surface area contributed by atoms with Crippen molar-refractivity contribution < 1.29 is 4.79 Å². The van der Waals surface area contributed by atoms with Crippen LogP contribution in [0.15, 0.2) is 60.7 Å². The van der Waals surface area contributed by atoms with Gasteiger partial charge in [0.25, 0.3) is 0 Å². The van der Waals surface area contributed by atoms with E-state index in [9.17, 15) is 4.79 Å². The van der Waals surface area contributed by atoms with E-state index in [4.69, 9.17) is 0 Å². The highest BCUT2D eigenvalue weighted by Crippen LogP contribution is 2.25. The van der Waals surface area contributed by atoms with Gasteiger partial charge in [-0.2, -0.15) is 0 Å². The molecule has 0 N–H and O–H groups in total. The lowest BCUT2D eigenvalue weighted by atomic mass is 9.86. The first kappa shape index (κ1) is 15.5. The second-order valence-electron chi connectivity index (χ2n) is 7.19. The fourth-order valence-electron chi connectivity index (χ4n) is 2.88. The third-order valence-electron chi connectivity index (χ3n) is 4.29. The number of ketones is 1. The molecule has 3 rings (SSSR count). The standard InChI is InChI=1S/C22H22O/c1-15-8-13-19-17(14-15)6-5-7-20(19)21(23)16-9-11-18(12-10-16)22(2,3)4/h5-14H,1-4H3. The van der Waals surface area contributed by atoms with Gasteiger partial charge in [0.05, 0.1) is 0 Å². The number of carbonyl (C=O) groups is 1. The highest BCUT2D eigenvalue weighted by molar-refractivity contribution is 6.16. The third-order valence-corrected chi connectivity index (χ3v) is 4.29. The van der Waals surface area contributed by atoms with Crippen molar-refractivity contribution in [3.05, 3.63) is 82.9 Å². The Morgan fingerprint density at radius 1 is 0.870 bits per heavy atom. The molecule has 0 aromatic heterocycles. The van der Waals surface area contributed by atoms with Crippen molar-refractivity contribution in [2.24, 2.45) is 0 Å². The smallest absolute Gasteiger partial charge is 0.193 e. The molecule has 0 radical (unpaired) electrons. The lowest BCUT2D eigenvalue weighted by Gasteiger charge is -2.19. The number of aryl methyl sites for hydroxylation is 1. The Bertz CT molecular complexity index is 865. The summed E-state index contributed by atoms with van der Waals surface area (Å²) in [5.74, 6) is 0.0833. The fourth-order valence-corrected chi connectivity index (χ4v) is 2.88. The molecule has 0 unspecified atom stereocenters. The van der Waals surface area contributed by atoms with E-state index in [0.717, 1.165) is 21.9 Å². The lowest BCUT2D eigenvalue weighted by molar-refractivity contribution is 0.104. The molecule has 3 aromatic carbocycles. The van der Waals surface area contributed by atoms with Crippen LogP contribution in [0.2, 0.25) is 0 Å². The van der Waals surface area contributed by atoms with Crippen LogP contribution in [0, 0.1) is 6.92 Å². The van der Waals surface area contributed by atoms with Gasteiger partial charge in [0.2, 0.25) is 0 Å². The number of fused-ring (bicyclic) bond motifs is 1. The van der Waals surface area contributed by atoms with Crippen molar-refractivity contribution >= 4 is 16.6 Å². The molecule has 0 aliphatic heterocycles. The van der Waals surface area contributed by atoms with Crippen LogP contribution < -0.4 is 0 Å². The summed E-state index contributed by atoms with van der Waals surface area (Å²) in [6, 6.07) is 20.1. The monoisotopic (exact) mass is 302 g/mol. The van der Waals surface area contributed by atoms with Crippen LogP contribution in [-0.2, 0) is 5.41 Å². The summed E-state index contributed by atoms with van der Waals surface area (Å²) in [5, 5.41) is 2.13. The van der Waals surface area contributed by atoms with Gasteiger partial charge in [0.1, 0.15) is 0 Å². The minimum atomic E-state index is 0.0833. The molecular formula is C22H22O. The first-order valence-corrected chi connectivity index (χ1v) is 8.01. The third kappa shape index (κ3) is 3.05. The average molecular weight is 302 g/mol. The van der Waals surface area contributed by atoms with Gasteiger partial charge in [-0.25, -0.2) is 0 Å². The minimum absolute atomic E-state index is 0.0833. The van der Waals surface area contributed by atoms with Crippen LogP contribution in [0.4, 0.5) is 0 Å². The van der Waals surface area contributed by atoms with E-state index in [1.807, 2.05) is 30.3 Å². The molecular weight excluding hydrogens is 280 g/mol. The van der Waals surface area contributed by atoms with Crippen molar-refractivity contribution in [3.63, 3.8) is 0 Å². The van der Waals surface area contributed by atoms with Crippen LogP contribution in [0.5, 0.6) is 0 Å². The summed E-state index contributed by atoms with van der Waals surface area (Å²) >= 11 is 0. The zero-order valence-electron chi connectivity index (χ0n) is 14.2. The summed E-state index contributed by atoms with van der Waals surface area (Å²) < 4.78 is 0. The van der Waals surface area contributed by atoms with E-state index in [0.29, 0.717) is 0 Å². The summed E-state index contributed by atoms with van der Waals surface area (Å²) in [4.78, 5) is 12.9. The molecule has 0 saturated heterocycles. The maximum absolute atomic E-state index is 12.9. The lowest BCUT2D eigenvalue weighted by Crippen LogP contribution is -2.11. The summed E-state index contributed by atoms with van der Waals surface area (Å²) in [6.07, 6.45) is 0. The molecule has 0 saturated carbocycles. The van der Waals surface area contributed by atoms with Crippen LogP contribution >= 0.6 is 0 Å². The molecule has 0 heterocycles. The Labute approximate surface area is 138 Å². The quantitative estimate of drug-likeness (QED) is 0.557. The highest BCUT2D eigenvalue weighted by atomic mass is 16.1. The highest BCUT2D eigenvalue weighted by Gasteiger charge is 2.16. The van der Waals surface area contributed by atoms with Gasteiger partial charge in [-0.05, 0) is 28.7 Å². The van der Waals surface area contributed by atoms with Crippen molar-refractivity contribution in [3.8, 4) is 0 Å². The molecule has 116 valence electrons. The average Bonchev–Trinajstić information content (AvgIpc) is 2.52. The van der Waals surface area contributed by atoms with E-state index in [2.05, 4.69) is 58.0 Å². The second kappa shape index (κ2) is 5.66. The SMILES string of the molecule is Cc1ccc2c(C(=O)c3ccc(C(C)(C)C)cc3)cccc2c1. The molecule has 0 amide bonds. The Morgan fingerprint density at radius 3 is 2.22 bits per heavy atom. The largest absolute Gasteiger partial charge is 0.289 e. The topological polar surface area (TPSA) is 17.1 Å². The first-order valence-electron chi connectivity index (χ1n) is 8.01.